The molecule has 3 heterocycles. The van der Waals surface area contributed by atoms with Gasteiger partial charge in [-0.2, -0.15) is 0 Å². The minimum absolute atomic E-state index is 0.251. The lowest BCUT2D eigenvalue weighted by Crippen LogP contribution is -2.35. The van der Waals surface area contributed by atoms with Crippen molar-refractivity contribution in [3.63, 3.8) is 0 Å². The molecule has 0 bridgehead atoms. The number of hydrogen-bond donors (Lipinski definition) is 0. The number of benzene rings is 4. The summed E-state index contributed by atoms with van der Waals surface area (Å²) in [5, 5.41) is 1.31. The Kier molecular flexibility index (Phi) is 11.2. The smallest absolute Gasteiger partial charge is 0.201 e. The zero-order valence-electron chi connectivity index (χ0n) is 27.2. The van der Waals surface area contributed by atoms with E-state index < -0.39 is 0 Å². The van der Waals surface area contributed by atoms with Crippen LogP contribution in [0.1, 0.15) is 48.4 Å². The lowest BCUT2D eigenvalue weighted by molar-refractivity contribution is 0.101. The predicted molar refractivity (Wildman–Crippen MR) is 223 cm³/mol. The van der Waals surface area contributed by atoms with Crippen molar-refractivity contribution >= 4 is 114 Å². The fraction of sp³-hybridized carbons (Fsp3) is 0.0500. The van der Waals surface area contributed by atoms with Gasteiger partial charge in [-0.3, -0.25) is 19.2 Å². The highest BCUT2D eigenvalue weighted by molar-refractivity contribution is 8.37. The number of hydrogen-bond acceptors (Lipinski definition) is 11. The van der Waals surface area contributed by atoms with E-state index in [4.69, 9.17) is 24.4 Å². The van der Waals surface area contributed by atoms with Gasteiger partial charge in [0.05, 0.1) is 38.8 Å². The summed E-state index contributed by atoms with van der Waals surface area (Å²) in [6.07, 6.45) is 0. The molecule has 0 N–H and O–H groups in total. The molecule has 5 nitrogen and oxygen atoms in total. The van der Waals surface area contributed by atoms with Gasteiger partial charge in [0, 0.05) is 28.8 Å². The van der Waals surface area contributed by atoms with Gasteiger partial charge in [0.1, 0.15) is 7.65 Å². The van der Waals surface area contributed by atoms with Gasteiger partial charge >= 0.3 is 0 Å². The molecule has 0 spiro atoms. The Morgan fingerprint density at radius 1 is 0.462 bits per heavy atom. The van der Waals surface area contributed by atoms with Crippen LogP contribution >= 0.6 is 82.8 Å². The molecule has 12 heteroatoms. The van der Waals surface area contributed by atoms with Crippen molar-refractivity contribution in [2.45, 2.75) is 13.5 Å². The molecule has 2 aliphatic heterocycles. The van der Waals surface area contributed by atoms with E-state index in [-0.39, 0.29) is 23.1 Å². The fourth-order valence-corrected chi connectivity index (χ4v) is 13.3. The van der Waals surface area contributed by atoms with Gasteiger partial charge in [-0.25, -0.2) is 0 Å². The monoisotopic (exact) mass is 807 g/mol. The average molecular weight is 808 g/mol. The number of carbonyl (C=O) groups excluding carboxylic acids is 4. The maximum atomic E-state index is 14.0. The van der Waals surface area contributed by atoms with E-state index in [0.717, 1.165) is 0 Å². The molecule has 0 amide bonds. The lowest BCUT2D eigenvalue weighted by Gasteiger charge is -2.11. The molecule has 0 saturated heterocycles. The molecule has 4 aromatic carbocycles. The lowest BCUT2D eigenvalue weighted by atomic mass is 10.1. The van der Waals surface area contributed by atoms with Gasteiger partial charge in [0.25, 0.3) is 0 Å². The van der Waals surface area contributed by atoms with Crippen LogP contribution in [-0.4, -0.2) is 27.7 Å². The van der Waals surface area contributed by atoms with Crippen molar-refractivity contribution in [2.24, 2.45) is 0 Å². The van der Waals surface area contributed by atoms with Crippen LogP contribution in [-0.2, 0) is 6.54 Å². The molecule has 2 aliphatic rings. The van der Waals surface area contributed by atoms with Crippen LogP contribution in [0.25, 0.3) is 8.47 Å². The van der Waals surface area contributed by atoms with Crippen LogP contribution < -0.4 is 10.7 Å². The van der Waals surface area contributed by atoms with E-state index >= 15 is 0 Å². The van der Waals surface area contributed by atoms with E-state index in [0.29, 0.717) is 75.2 Å². The SMILES string of the molecule is CCn1c(=C2SC(C(=O)c3ccccc3)=C(C(=O)c3ccccc3)S2)c(=S)sc(=S)c1=C1SC(C(=O)c2ccccc2)=C(C(=O)c2ccccc2)S1. The number of nitrogens with zero attached hydrogens (tertiary/aromatic N) is 1. The number of allylic oxidation sites excluding steroid dienone is 4. The Balaban J connectivity index is 1.41. The number of Topliss-reactive ketones (excluding diaryl/α,β-unsaturated/α-hetero) is 4. The van der Waals surface area contributed by atoms with Gasteiger partial charge in [-0.1, -0.05) is 193 Å². The van der Waals surface area contributed by atoms with Gasteiger partial charge < -0.3 is 4.57 Å². The second-order valence-electron chi connectivity index (χ2n) is 11.2. The second kappa shape index (κ2) is 16.0. The minimum atomic E-state index is -0.251. The molecule has 256 valence electrons. The van der Waals surface area contributed by atoms with E-state index in [1.54, 1.807) is 97.1 Å². The predicted octanol–water partition coefficient (Wildman–Crippen LogP) is 10.1. The molecule has 0 fully saturated rings. The van der Waals surface area contributed by atoms with Crippen LogP contribution in [0.5, 0.6) is 0 Å². The third kappa shape index (κ3) is 7.21. The Bertz CT molecular complexity index is 2290. The third-order valence-corrected chi connectivity index (χ3v) is 14.8. The Morgan fingerprint density at radius 2 is 0.712 bits per heavy atom. The second-order valence-corrected chi connectivity index (χ2v) is 18.2. The first-order valence-electron chi connectivity index (χ1n) is 15.9. The summed E-state index contributed by atoms with van der Waals surface area (Å²) in [5.41, 5.74) is 1.90. The molecular weight excluding hydrogens is 783 g/mol. The highest BCUT2D eigenvalue weighted by atomic mass is 32.2. The molecule has 7 rings (SSSR count). The zero-order valence-corrected chi connectivity index (χ0v) is 32.9. The van der Waals surface area contributed by atoms with Crippen molar-refractivity contribution in [3.05, 3.63) is 182 Å². The van der Waals surface area contributed by atoms with Crippen molar-refractivity contribution in [3.8, 4) is 0 Å². The van der Waals surface area contributed by atoms with Crippen LogP contribution in [0.15, 0.2) is 141 Å². The third-order valence-electron chi connectivity index (χ3n) is 7.98. The first-order chi connectivity index (χ1) is 25.3. The number of rotatable bonds is 9. The highest BCUT2D eigenvalue weighted by Crippen LogP contribution is 2.53. The molecule has 0 radical (unpaired) electrons. The normalized spacial score (nSPS) is 14.2. The van der Waals surface area contributed by atoms with Crippen LogP contribution in [0.3, 0.4) is 0 Å². The first-order valence-corrected chi connectivity index (χ1v) is 20.8. The Morgan fingerprint density at radius 3 is 0.942 bits per heavy atom. The van der Waals surface area contributed by atoms with Crippen molar-refractivity contribution < 1.29 is 19.2 Å². The number of ketones is 4. The minimum Gasteiger partial charge on any atom is -0.335 e. The van der Waals surface area contributed by atoms with E-state index in [1.807, 2.05) is 35.8 Å². The highest BCUT2D eigenvalue weighted by Gasteiger charge is 2.35. The molecule has 5 aromatic rings. The molecule has 0 aliphatic carbocycles. The maximum Gasteiger partial charge on any atom is 0.201 e. The van der Waals surface area contributed by atoms with Gasteiger partial charge in [-0.15, -0.1) is 11.3 Å². The van der Waals surface area contributed by atoms with Gasteiger partial charge in [0.2, 0.25) is 23.1 Å². The summed E-state index contributed by atoms with van der Waals surface area (Å²) in [5.74, 6) is -1.00. The van der Waals surface area contributed by atoms with Crippen LogP contribution in [0.2, 0.25) is 0 Å². The van der Waals surface area contributed by atoms with E-state index in [9.17, 15) is 19.2 Å². The van der Waals surface area contributed by atoms with E-state index in [1.165, 1.54) is 58.4 Å². The van der Waals surface area contributed by atoms with E-state index in [2.05, 4.69) is 0 Å². The molecular formula is C40H25NO4S7. The van der Waals surface area contributed by atoms with Gasteiger partial charge in [0.15, 0.2) is 0 Å². The van der Waals surface area contributed by atoms with Crippen molar-refractivity contribution in [1.29, 1.82) is 0 Å². The zero-order chi connectivity index (χ0) is 36.4. The fourth-order valence-electron chi connectivity index (χ4n) is 5.49. The van der Waals surface area contributed by atoms with Crippen molar-refractivity contribution in [2.75, 3.05) is 0 Å². The average Bonchev–Trinajstić information content (AvgIpc) is 3.83. The van der Waals surface area contributed by atoms with Crippen LogP contribution in [0, 0.1) is 7.65 Å². The first kappa shape index (κ1) is 36.5. The summed E-state index contributed by atoms with van der Waals surface area (Å²) in [4.78, 5) is 57.3. The number of carbonyl (C=O) groups is 4. The molecule has 0 atom stereocenters. The summed E-state index contributed by atoms with van der Waals surface area (Å²) in [6, 6.07) is 35.6. The molecule has 1 aromatic heterocycles. The number of thioether (sulfide) groups is 4. The standard InChI is InChI=1S/C40H25NO4S7/c1-2-41-27(39-48-33(29(42)23-15-7-3-8-16-23)34(49-39)30(43)24-17-9-4-10-18-24)37(46)52-38(47)28(41)40-50-35(31(44)25-19-11-5-12-20-25)36(51-40)32(45)26-21-13-6-14-22-26/h3-22H,2H2,1H3. The summed E-state index contributed by atoms with van der Waals surface area (Å²) >= 11 is 18.1. The Labute approximate surface area is 330 Å². The number of aromatic nitrogens is 1. The quantitative estimate of drug-likeness (QED) is 0.106. The topological polar surface area (TPSA) is 73.2 Å². The summed E-state index contributed by atoms with van der Waals surface area (Å²) in [7, 11) is 0. The molecule has 52 heavy (non-hydrogen) atoms. The van der Waals surface area contributed by atoms with Crippen LogP contribution in [0.4, 0.5) is 0 Å². The summed E-state index contributed by atoms with van der Waals surface area (Å²) in [6.45, 7) is 2.41. The Hall–Kier alpha value is -3.88. The summed E-state index contributed by atoms with van der Waals surface area (Å²) < 4.78 is 4.37. The molecule has 0 unspecified atom stereocenters. The van der Waals surface area contributed by atoms with Gasteiger partial charge in [-0.05, 0) is 6.92 Å². The molecule has 0 saturated carbocycles. The van der Waals surface area contributed by atoms with Crippen molar-refractivity contribution in [1.82, 2.24) is 4.57 Å². The maximum absolute atomic E-state index is 14.0. The largest absolute Gasteiger partial charge is 0.335 e.